The van der Waals surface area contributed by atoms with Gasteiger partial charge >= 0.3 is 0 Å². The van der Waals surface area contributed by atoms with Crippen LogP contribution < -0.4 is 5.32 Å². The van der Waals surface area contributed by atoms with Crippen molar-refractivity contribution >= 4 is 11.7 Å². The molecule has 2 heterocycles. The van der Waals surface area contributed by atoms with Crippen molar-refractivity contribution in [3.05, 3.63) is 53.5 Å². The number of aromatic nitrogens is 2. The van der Waals surface area contributed by atoms with Crippen LogP contribution in [0.15, 0.2) is 36.4 Å². The molecule has 1 amide bonds. The van der Waals surface area contributed by atoms with Gasteiger partial charge in [0.25, 0.3) is 0 Å². The van der Waals surface area contributed by atoms with Gasteiger partial charge in [-0.05, 0) is 18.9 Å². The van der Waals surface area contributed by atoms with Crippen LogP contribution >= 0.6 is 0 Å². The van der Waals surface area contributed by atoms with Gasteiger partial charge < -0.3 is 10.2 Å². The molecule has 0 bridgehead atoms. The Labute approximate surface area is 143 Å². The summed E-state index contributed by atoms with van der Waals surface area (Å²) in [4.78, 5) is 23.0. The summed E-state index contributed by atoms with van der Waals surface area (Å²) in [6.07, 6.45) is 1.50. The molecule has 0 saturated carbocycles. The predicted molar refractivity (Wildman–Crippen MR) is 94.6 cm³/mol. The molecule has 1 aromatic carbocycles. The van der Waals surface area contributed by atoms with Crippen molar-refractivity contribution in [3.8, 4) is 0 Å². The maximum Gasteiger partial charge on any atom is 0.223 e. The van der Waals surface area contributed by atoms with E-state index in [2.05, 4.69) is 34.3 Å². The first-order valence-electron chi connectivity index (χ1n) is 8.54. The number of likely N-dealkylation sites (tertiary alicyclic amines) is 1. The zero-order valence-corrected chi connectivity index (χ0v) is 14.3. The number of anilines is 1. The Bertz CT molecular complexity index is 702. The van der Waals surface area contributed by atoms with E-state index in [9.17, 15) is 4.79 Å². The fraction of sp³-hybridized carbons (Fsp3) is 0.421. The molecule has 5 heteroatoms. The van der Waals surface area contributed by atoms with Crippen LogP contribution in [0, 0.1) is 12.8 Å². The van der Waals surface area contributed by atoms with Crippen molar-refractivity contribution in [2.24, 2.45) is 5.92 Å². The minimum Gasteiger partial charge on any atom is -0.370 e. The lowest BCUT2D eigenvalue weighted by molar-refractivity contribution is -0.128. The summed E-state index contributed by atoms with van der Waals surface area (Å²) < 4.78 is 0. The van der Waals surface area contributed by atoms with Crippen molar-refractivity contribution in [3.63, 3.8) is 0 Å². The standard InChI is InChI=1S/C19H24N4O/c1-3-17-10-18(22-14(2)21-17)20-11-16-9-19(24)23(13-16)12-15-7-5-4-6-8-15/h4-8,10,16H,3,9,11-13H2,1-2H3,(H,20,21,22)/t16-/m1/s1. The molecule has 1 aliphatic heterocycles. The molecule has 1 fully saturated rings. The SMILES string of the molecule is CCc1cc(NC[C@H]2CC(=O)N(Cc3ccccc3)C2)nc(C)n1. The van der Waals surface area contributed by atoms with Crippen LogP contribution in [-0.4, -0.2) is 33.9 Å². The van der Waals surface area contributed by atoms with E-state index in [0.717, 1.165) is 36.8 Å². The van der Waals surface area contributed by atoms with Gasteiger partial charge in [0, 0.05) is 43.7 Å². The Morgan fingerprint density at radius 1 is 1.25 bits per heavy atom. The first kappa shape index (κ1) is 16.4. The van der Waals surface area contributed by atoms with Gasteiger partial charge in [-0.3, -0.25) is 4.79 Å². The van der Waals surface area contributed by atoms with Crippen molar-refractivity contribution in [2.45, 2.75) is 33.2 Å². The molecule has 0 spiro atoms. The number of amides is 1. The summed E-state index contributed by atoms with van der Waals surface area (Å²) >= 11 is 0. The monoisotopic (exact) mass is 324 g/mol. The van der Waals surface area contributed by atoms with Gasteiger partial charge in [0.1, 0.15) is 11.6 Å². The zero-order valence-electron chi connectivity index (χ0n) is 14.3. The Morgan fingerprint density at radius 3 is 2.79 bits per heavy atom. The number of carbonyl (C=O) groups is 1. The van der Waals surface area contributed by atoms with E-state index < -0.39 is 0 Å². The van der Waals surface area contributed by atoms with E-state index in [0.29, 0.717) is 18.9 Å². The van der Waals surface area contributed by atoms with Crippen LogP contribution in [0.4, 0.5) is 5.82 Å². The molecule has 3 rings (SSSR count). The lowest BCUT2D eigenvalue weighted by Gasteiger charge is -2.17. The van der Waals surface area contributed by atoms with Crippen LogP contribution in [0.2, 0.25) is 0 Å². The second-order valence-corrected chi connectivity index (χ2v) is 6.36. The number of aryl methyl sites for hydroxylation is 2. The van der Waals surface area contributed by atoms with Crippen LogP contribution in [0.1, 0.15) is 30.4 Å². The Hall–Kier alpha value is -2.43. The topological polar surface area (TPSA) is 58.1 Å². The Balaban J connectivity index is 1.55. The van der Waals surface area contributed by atoms with Crippen molar-refractivity contribution in [1.29, 1.82) is 0 Å². The quantitative estimate of drug-likeness (QED) is 0.888. The van der Waals surface area contributed by atoms with Crippen molar-refractivity contribution in [2.75, 3.05) is 18.4 Å². The minimum absolute atomic E-state index is 0.235. The van der Waals surface area contributed by atoms with Gasteiger partial charge in [0.15, 0.2) is 0 Å². The number of hydrogen-bond donors (Lipinski definition) is 1. The summed E-state index contributed by atoms with van der Waals surface area (Å²) in [6.45, 7) is 6.25. The van der Waals surface area contributed by atoms with Gasteiger partial charge in [-0.2, -0.15) is 0 Å². The predicted octanol–water partition coefficient (Wildman–Crippen LogP) is 2.81. The van der Waals surface area contributed by atoms with Crippen molar-refractivity contribution < 1.29 is 4.79 Å². The highest BCUT2D eigenvalue weighted by Crippen LogP contribution is 2.21. The van der Waals surface area contributed by atoms with E-state index in [1.807, 2.05) is 36.1 Å². The molecule has 5 nitrogen and oxygen atoms in total. The number of carbonyl (C=O) groups excluding carboxylic acids is 1. The van der Waals surface area contributed by atoms with Crippen molar-refractivity contribution in [1.82, 2.24) is 14.9 Å². The molecule has 1 aliphatic rings. The average molecular weight is 324 g/mol. The summed E-state index contributed by atoms with van der Waals surface area (Å²) in [5.41, 5.74) is 2.22. The average Bonchev–Trinajstić information content (AvgIpc) is 2.93. The third-order valence-corrected chi connectivity index (χ3v) is 4.34. The first-order valence-corrected chi connectivity index (χ1v) is 8.54. The van der Waals surface area contributed by atoms with Crippen LogP contribution in [0.3, 0.4) is 0 Å². The maximum atomic E-state index is 12.2. The number of rotatable bonds is 6. The molecule has 0 aliphatic carbocycles. The largest absolute Gasteiger partial charge is 0.370 e. The number of hydrogen-bond acceptors (Lipinski definition) is 4. The minimum atomic E-state index is 0.235. The van der Waals surface area contributed by atoms with E-state index in [4.69, 9.17) is 0 Å². The molecule has 0 radical (unpaired) electrons. The van der Waals surface area contributed by atoms with Gasteiger partial charge in [0.05, 0.1) is 0 Å². The summed E-state index contributed by atoms with van der Waals surface area (Å²) in [7, 11) is 0. The highest BCUT2D eigenvalue weighted by atomic mass is 16.2. The number of nitrogens with zero attached hydrogens (tertiary/aromatic N) is 3. The molecular formula is C19H24N4O. The van der Waals surface area contributed by atoms with Crippen LogP contribution in [-0.2, 0) is 17.8 Å². The smallest absolute Gasteiger partial charge is 0.223 e. The molecule has 0 unspecified atom stereocenters. The van der Waals surface area contributed by atoms with Crippen LogP contribution in [0.25, 0.3) is 0 Å². The first-order chi connectivity index (χ1) is 11.6. The molecule has 1 N–H and O–H groups in total. The van der Waals surface area contributed by atoms with E-state index >= 15 is 0 Å². The molecule has 1 saturated heterocycles. The van der Waals surface area contributed by atoms with E-state index in [1.165, 1.54) is 5.56 Å². The number of nitrogens with one attached hydrogen (secondary N) is 1. The number of benzene rings is 1. The van der Waals surface area contributed by atoms with Gasteiger partial charge in [0.2, 0.25) is 5.91 Å². The van der Waals surface area contributed by atoms with Gasteiger partial charge in [-0.1, -0.05) is 37.3 Å². The van der Waals surface area contributed by atoms with Gasteiger partial charge in [-0.25, -0.2) is 9.97 Å². The third-order valence-electron chi connectivity index (χ3n) is 4.34. The summed E-state index contributed by atoms with van der Waals surface area (Å²) in [6, 6.07) is 12.1. The Kier molecular flexibility index (Phi) is 5.08. The van der Waals surface area contributed by atoms with Gasteiger partial charge in [-0.15, -0.1) is 0 Å². The Morgan fingerprint density at radius 2 is 2.04 bits per heavy atom. The lowest BCUT2D eigenvalue weighted by Crippen LogP contribution is -2.25. The fourth-order valence-corrected chi connectivity index (χ4v) is 3.10. The summed E-state index contributed by atoms with van der Waals surface area (Å²) in [5.74, 6) is 2.19. The molecule has 24 heavy (non-hydrogen) atoms. The lowest BCUT2D eigenvalue weighted by atomic mass is 10.1. The highest BCUT2D eigenvalue weighted by Gasteiger charge is 2.29. The molecule has 1 atom stereocenters. The third kappa shape index (κ3) is 4.10. The maximum absolute atomic E-state index is 12.2. The molecule has 126 valence electrons. The fourth-order valence-electron chi connectivity index (χ4n) is 3.10. The molecule has 1 aromatic heterocycles. The molecule has 2 aromatic rings. The molecular weight excluding hydrogens is 300 g/mol. The normalized spacial score (nSPS) is 17.3. The zero-order chi connectivity index (χ0) is 16.9. The van der Waals surface area contributed by atoms with E-state index in [-0.39, 0.29) is 5.91 Å². The second kappa shape index (κ2) is 7.43. The van der Waals surface area contributed by atoms with Crippen LogP contribution in [0.5, 0.6) is 0 Å². The summed E-state index contributed by atoms with van der Waals surface area (Å²) in [5, 5.41) is 3.38. The highest BCUT2D eigenvalue weighted by molar-refractivity contribution is 5.78. The van der Waals surface area contributed by atoms with E-state index in [1.54, 1.807) is 0 Å². The second-order valence-electron chi connectivity index (χ2n) is 6.36.